The van der Waals surface area contributed by atoms with Crippen LogP contribution in [0.15, 0.2) is 60.8 Å². The molecule has 2 aromatic heterocycles. The number of pyridine rings is 1. The summed E-state index contributed by atoms with van der Waals surface area (Å²) in [6.07, 6.45) is 6.43. The average Bonchev–Trinajstić information content (AvgIpc) is 3.26. The number of halogens is 3. The molecule has 4 aromatic rings. The predicted molar refractivity (Wildman–Crippen MR) is 157 cm³/mol. The zero-order valence-corrected chi connectivity index (χ0v) is 23.5. The van der Waals surface area contributed by atoms with Crippen LogP contribution in [0.25, 0.3) is 17.0 Å². The minimum absolute atomic E-state index is 0. The molecule has 0 spiro atoms. The lowest BCUT2D eigenvalue weighted by Crippen LogP contribution is -2.34. The number of amides is 1. The van der Waals surface area contributed by atoms with E-state index >= 15 is 0 Å². The van der Waals surface area contributed by atoms with Gasteiger partial charge in [-0.2, -0.15) is 5.26 Å². The number of hydrogen-bond acceptors (Lipinski definition) is 5. The summed E-state index contributed by atoms with van der Waals surface area (Å²) >= 11 is 12.3. The summed E-state index contributed by atoms with van der Waals surface area (Å²) in [5.41, 5.74) is 5.21. The summed E-state index contributed by atoms with van der Waals surface area (Å²) in [6, 6.07) is 16.6. The van der Waals surface area contributed by atoms with Crippen LogP contribution in [0.3, 0.4) is 0 Å². The molecule has 1 N–H and O–H groups in total. The summed E-state index contributed by atoms with van der Waals surface area (Å²) in [6.45, 7) is 2.52. The van der Waals surface area contributed by atoms with Gasteiger partial charge in [-0.1, -0.05) is 41.4 Å². The Labute approximate surface area is 243 Å². The maximum absolute atomic E-state index is 13.4. The Kier molecular flexibility index (Phi) is 9.16. The molecule has 0 saturated heterocycles. The van der Waals surface area contributed by atoms with Crippen molar-refractivity contribution in [1.82, 2.24) is 19.8 Å². The van der Waals surface area contributed by atoms with Crippen LogP contribution in [-0.4, -0.2) is 40.7 Å². The van der Waals surface area contributed by atoms with Gasteiger partial charge in [0, 0.05) is 66.0 Å². The van der Waals surface area contributed by atoms with Crippen molar-refractivity contribution in [2.75, 3.05) is 20.2 Å². The average molecular weight is 583 g/mol. The van der Waals surface area contributed by atoms with E-state index in [-0.39, 0.29) is 18.4 Å². The smallest absolute Gasteiger partial charge is 0.326 e. The monoisotopic (exact) mass is 581 g/mol. The van der Waals surface area contributed by atoms with Crippen LogP contribution in [0.1, 0.15) is 27.9 Å². The number of hydrogen-bond donors (Lipinski definition) is 1. The third-order valence-corrected chi connectivity index (χ3v) is 7.20. The number of carbonyl (C=O) groups is 1. The molecule has 0 unspecified atom stereocenters. The second-order valence-electron chi connectivity index (χ2n) is 9.02. The molecule has 3 heterocycles. The number of nitriles is 1. The minimum atomic E-state index is -0.206. The summed E-state index contributed by atoms with van der Waals surface area (Å²) in [5.74, 6) is 0.497. The molecule has 1 aliphatic rings. The molecule has 0 radical (unpaired) electrons. The van der Waals surface area contributed by atoms with E-state index in [1.165, 1.54) is 0 Å². The normalized spacial score (nSPS) is 13.1. The highest BCUT2D eigenvalue weighted by Gasteiger charge is 2.26. The Balaban J connectivity index is 0.00000353. The van der Waals surface area contributed by atoms with E-state index in [9.17, 15) is 10.1 Å². The zero-order valence-electron chi connectivity index (χ0n) is 21.2. The van der Waals surface area contributed by atoms with Gasteiger partial charge in [0.05, 0.1) is 24.3 Å². The molecule has 0 aliphatic carbocycles. The van der Waals surface area contributed by atoms with E-state index in [4.69, 9.17) is 27.9 Å². The molecule has 7 nitrogen and oxygen atoms in total. The number of benzene rings is 2. The number of methoxy groups -OCH3 is 1. The first-order valence-electron chi connectivity index (χ1n) is 12.1. The van der Waals surface area contributed by atoms with Crippen molar-refractivity contribution >= 4 is 58.6 Å². The van der Waals surface area contributed by atoms with Crippen LogP contribution >= 0.6 is 35.6 Å². The molecular weight excluding hydrogens is 557 g/mol. The van der Waals surface area contributed by atoms with Gasteiger partial charge in [0.2, 0.25) is 5.88 Å². The van der Waals surface area contributed by atoms with Gasteiger partial charge < -0.3 is 10.1 Å². The first-order chi connectivity index (χ1) is 18.5. The lowest BCUT2D eigenvalue weighted by Gasteiger charge is -2.27. The molecule has 200 valence electrons. The van der Waals surface area contributed by atoms with Crippen LogP contribution in [0.4, 0.5) is 4.79 Å². The van der Waals surface area contributed by atoms with Gasteiger partial charge in [-0.25, -0.2) is 9.78 Å². The lowest BCUT2D eigenvalue weighted by molar-refractivity contribution is 0.240. The number of nitrogens with zero attached hydrogens (tertiary/aromatic N) is 4. The summed E-state index contributed by atoms with van der Waals surface area (Å²) in [5, 5.41) is 14.7. The predicted octanol–water partition coefficient (Wildman–Crippen LogP) is 6.47. The van der Waals surface area contributed by atoms with Crippen molar-refractivity contribution in [2.24, 2.45) is 0 Å². The van der Waals surface area contributed by atoms with Gasteiger partial charge in [0.15, 0.2) is 0 Å². The Morgan fingerprint density at radius 1 is 1.21 bits per heavy atom. The van der Waals surface area contributed by atoms with E-state index in [2.05, 4.69) is 27.3 Å². The molecule has 5 rings (SSSR count). The van der Waals surface area contributed by atoms with E-state index in [0.717, 1.165) is 46.4 Å². The molecule has 1 amide bonds. The van der Waals surface area contributed by atoms with Gasteiger partial charge in [-0.05, 0) is 53.1 Å². The first kappa shape index (κ1) is 28.5. The molecule has 1 aliphatic heterocycles. The second-order valence-corrected chi connectivity index (χ2v) is 9.87. The zero-order chi connectivity index (χ0) is 26.6. The SMILES string of the molecule is COc1cc(CNC(=O)n2c3c(c4cc(C#N)ccc42)CN(C/C=C/c2ccc(Cl)cc2Cl)CC3)ccn1.Cl. The highest BCUT2D eigenvalue weighted by molar-refractivity contribution is 6.35. The van der Waals surface area contributed by atoms with E-state index in [1.54, 1.807) is 36.1 Å². The third kappa shape index (κ3) is 6.21. The maximum atomic E-state index is 13.4. The van der Waals surface area contributed by atoms with Crippen LogP contribution in [0.2, 0.25) is 10.0 Å². The van der Waals surface area contributed by atoms with Crippen LogP contribution in [-0.2, 0) is 19.5 Å². The fourth-order valence-electron chi connectivity index (χ4n) is 4.77. The second kappa shape index (κ2) is 12.5. The summed E-state index contributed by atoms with van der Waals surface area (Å²) in [4.78, 5) is 19.9. The van der Waals surface area contributed by atoms with Crippen molar-refractivity contribution in [1.29, 1.82) is 5.26 Å². The third-order valence-electron chi connectivity index (χ3n) is 6.64. The number of rotatable bonds is 6. The minimum Gasteiger partial charge on any atom is -0.481 e. The van der Waals surface area contributed by atoms with Crippen molar-refractivity contribution in [3.05, 3.63) is 98.8 Å². The maximum Gasteiger partial charge on any atom is 0.326 e. The number of ether oxygens (including phenoxy) is 1. The fourth-order valence-corrected chi connectivity index (χ4v) is 5.24. The van der Waals surface area contributed by atoms with Crippen LogP contribution < -0.4 is 10.1 Å². The number of nitrogens with one attached hydrogen (secondary N) is 1. The molecule has 0 bridgehead atoms. The Morgan fingerprint density at radius 3 is 2.82 bits per heavy atom. The molecule has 10 heteroatoms. The largest absolute Gasteiger partial charge is 0.481 e. The van der Waals surface area contributed by atoms with E-state index in [0.29, 0.717) is 41.0 Å². The Bertz CT molecular complexity index is 1590. The molecule has 39 heavy (non-hydrogen) atoms. The molecular formula is C29H26Cl3N5O2. The van der Waals surface area contributed by atoms with E-state index < -0.39 is 0 Å². The molecule has 0 atom stereocenters. The van der Waals surface area contributed by atoms with E-state index in [1.807, 2.05) is 36.4 Å². The Hall–Kier alpha value is -3.54. The number of fused-ring (bicyclic) bond motifs is 3. The standard InChI is InChI=1S/C29H25Cl2N5O2.ClH/c1-38-28-14-20(8-10-33-28)17-34-29(37)36-26-7-4-19(16-32)13-23(26)24-18-35(12-9-27(24)36)11-2-3-21-5-6-22(30)15-25(21)31;/h2-8,10,13-15H,9,11-12,17-18H2,1H3,(H,34,37);1H/b3-2+;. The van der Waals surface area contributed by atoms with Gasteiger partial charge in [-0.15, -0.1) is 12.4 Å². The number of aromatic nitrogens is 2. The van der Waals surface area contributed by atoms with Crippen molar-refractivity contribution in [3.63, 3.8) is 0 Å². The van der Waals surface area contributed by atoms with Gasteiger partial charge >= 0.3 is 6.03 Å². The van der Waals surface area contributed by atoms with Gasteiger partial charge in [-0.3, -0.25) is 9.47 Å². The quantitative estimate of drug-likeness (QED) is 0.282. The first-order valence-corrected chi connectivity index (χ1v) is 12.9. The number of carbonyl (C=O) groups excluding carboxylic acids is 1. The highest BCUT2D eigenvalue weighted by atomic mass is 35.5. The van der Waals surface area contributed by atoms with Crippen LogP contribution in [0, 0.1) is 11.3 Å². The van der Waals surface area contributed by atoms with Crippen molar-refractivity contribution in [2.45, 2.75) is 19.5 Å². The summed E-state index contributed by atoms with van der Waals surface area (Å²) in [7, 11) is 1.56. The van der Waals surface area contributed by atoms with Gasteiger partial charge in [0.1, 0.15) is 0 Å². The fraction of sp³-hybridized carbons (Fsp3) is 0.207. The highest BCUT2D eigenvalue weighted by Crippen LogP contribution is 2.32. The van der Waals surface area contributed by atoms with Crippen molar-refractivity contribution < 1.29 is 9.53 Å². The van der Waals surface area contributed by atoms with Gasteiger partial charge in [0.25, 0.3) is 0 Å². The Morgan fingerprint density at radius 2 is 2.05 bits per heavy atom. The molecule has 0 fully saturated rings. The summed E-state index contributed by atoms with van der Waals surface area (Å²) < 4.78 is 6.94. The lowest BCUT2D eigenvalue weighted by atomic mass is 10.0. The van der Waals surface area contributed by atoms with Crippen molar-refractivity contribution in [3.8, 4) is 11.9 Å². The topological polar surface area (TPSA) is 83.2 Å². The van der Waals surface area contributed by atoms with Crippen LogP contribution in [0.5, 0.6) is 5.88 Å². The molecule has 2 aromatic carbocycles. The molecule has 0 saturated carbocycles.